The summed E-state index contributed by atoms with van der Waals surface area (Å²) in [5, 5.41) is 2.30. The van der Waals surface area contributed by atoms with E-state index in [2.05, 4.69) is 5.32 Å². The van der Waals surface area contributed by atoms with Crippen molar-refractivity contribution in [3.63, 3.8) is 0 Å². The van der Waals surface area contributed by atoms with Crippen LogP contribution in [-0.2, 0) is 19.6 Å². The van der Waals surface area contributed by atoms with Gasteiger partial charge in [0.15, 0.2) is 11.5 Å². The van der Waals surface area contributed by atoms with Gasteiger partial charge in [-0.05, 0) is 44.0 Å². The van der Waals surface area contributed by atoms with E-state index < -0.39 is 33.0 Å². The highest BCUT2D eigenvalue weighted by molar-refractivity contribution is 7.89. The van der Waals surface area contributed by atoms with E-state index >= 15 is 0 Å². The van der Waals surface area contributed by atoms with Crippen molar-refractivity contribution in [1.29, 1.82) is 0 Å². The summed E-state index contributed by atoms with van der Waals surface area (Å²) in [6.07, 6.45) is 0.899. The number of carbonyl (C=O) groups is 2. The number of sulfonamides is 1. The molecule has 3 heterocycles. The van der Waals surface area contributed by atoms with Gasteiger partial charge in [-0.15, -0.1) is 0 Å². The minimum absolute atomic E-state index is 0.133. The second kappa shape index (κ2) is 9.71. The van der Waals surface area contributed by atoms with Crippen molar-refractivity contribution >= 4 is 21.9 Å². The molecule has 0 bridgehead atoms. The van der Waals surface area contributed by atoms with Gasteiger partial charge in [0.2, 0.25) is 23.6 Å². The maximum absolute atomic E-state index is 13.0. The summed E-state index contributed by atoms with van der Waals surface area (Å²) >= 11 is 0. The van der Waals surface area contributed by atoms with Crippen LogP contribution < -0.4 is 19.5 Å². The number of hydrogen-bond acceptors (Lipinski definition) is 9. The maximum Gasteiger partial charge on any atom is 0.374 e. The lowest BCUT2D eigenvalue weighted by Gasteiger charge is -2.22. The molecule has 2 aliphatic rings. The van der Waals surface area contributed by atoms with Crippen molar-refractivity contribution < 1.29 is 41.4 Å². The van der Waals surface area contributed by atoms with E-state index in [1.807, 2.05) is 0 Å². The molecule has 0 radical (unpaired) electrons. The van der Waals surface area contributed by atoms with E-state index in [0.29, 0.717) is 30.1 Å². The van der Waals surface area contributed by atoms with Crippen molar-refractivity contribution in [3.05, 3.63) is 36.1 Å². The molecular weight excluding hydrogens is 456 g/mol. The third kappa shape index (κ3) is 4.91. The fourth-order valence-corrected chi connectivity index (χ4v) is 5.18. The summed E-state index contributed by atoms with van der Waals surface area (Å²) in [6, 6.07) is 6.71. The molecule has 1 unspecified atom stereocenters. The molecule has 4 rings (SSSR count). The maximum atomic E-state index is 13.0. The van der Waals surface area contributed by atoms with Crippen LogP contribution in [0, 0.1) is 0 Å². The number of hydrogen-bond donors (Lipinski definition) is 1. The van der Waals surface area contributed by atoms with Crippen LogP contribution in [0.2, 0.25) is 0 Å². The number of ether oxygens (including phenoxy) is 4. The highest BCUT2D eigenvalue weighted by Gasteiger charge is 2.41. The zero-order valence-electron chi connectivity index (χ0n) is 17.9. The van der Waals surface area contributed by atoms with E-state index in [1.54, 1.807) is 25.1 Å². The summed E-state index contributed by atoms with van der Waals surface area (Å²) in [5.41, 5.74) is 0. The fourth-order valence-electron chi connectivity index (χ4n) is 3.60. The van der Waals surface area contributed by atoms with Crippen molar-refractivity contribution in [2.75, 3.05) is 33.1 Å². The molecule has 12 heteroatoms. The Kier molecular flexibility index (Phi) is 6.75. The first-order valence-electron chi connectivity index (χ1n) is 10.5. The van der Waals surface area contributed by atoms with Gasteiger partial charge in [0.05, 0.1) is 13.2 Å². The average molecular weight is 480 g/mol. The summed E-state index contributed by atoms with van der Waals surface area (Å²) < 4.78 is 53.3. The van der Waals surface area contributed by atoms with Crippen LogP contribution in [0.15, 0.2) is 39.8 Å². The topological polar surface area (TPSA) is 134 Å². The molecule has 1 N–H and O–H groups in total. The van der Waals surface area contributed by atoms with Gasteiger partial charge in [0.25, 0.3) is 10.0 Å². The minimum atomic E-state index is -4.10. The molecule has 33 heavy (non-hydrogen) atoms. The Bertz CT molecular complexity index is 1130. The highest BCUT2D eigenvalue weighted by Crippen LogP contribution is 2.35. The average Bonchev–Trinajstić information content (AvgIpc) is 3.56. The van der Waals surface area contributed by atoms with Crippen LogP contribution in [0.5, 0.6) is 17.2 Å². The van der Waals surface area contributed by atoms with Crippen LogP contribution in [0.4, 0.5) is 0 Å². The van der Waals surface area contributed by atoms with Crippen molar-refractivity contribution in [2.45, 2.75) is 30.9 Å². The molecule has 1 aromatic heterocycles. The molecule has 1 aromatic carbocycles. The molecule has 1 atom stereocenters. The first-order chi connectivity index (χ1) is 15.9. The second-order valence-electron chi connectivity index (χ2n) is 7.27. The van der Waals surface area contributed by atoms with E-state index in [4.69, 9.17) is 23.4 Å². The van der Waals surface area contributed by atoms with Gasteiger partial charge in [0.1, 0.15) is 18.4 Å². The van der Waals surface area contributed by atoms with Crippen LogP contribution in [0.25, 0.3) is 0 Å². The molecule has 1 fully saturated rings. The number of nitrogens with zero attached hydrogens (tertiary/aromatic N) is 1. The molecule has 0 aliphatic carbocycles. The highest BCUT2D eigenvalue weighted by atomic mass is 32.2. The summed E-state index contributed by atoms with van der Waals surface area (Å²) in [4.78, 5) is 24.5. The second-order valence-corrected chi connectivity index (χ2v) is 9.09. The molecule has 0 saturated carbocycles. The molecule has 178 valence electrons. The van der Waals surface area contributed by atoms with Gasteiger partial charge in [0, 0.05) is 12.6 Å². The molecule has 1 saturated heterocycles. The van der Waals surface area contributed by atoms with Gasteiger partial charge in [-0.3, -0.25) is 4.79 Å². The first-order valence-corrected chi connectivity index (χ1v) is 11.9. The summed E-state index contributed by atoms with van der Waals surface area (Å²) in [6.45, 7) is 2.47. The number of carbonyl (C=O) groups excluding carboxylic acids is 2. The van der Waals surface area contributed by atoms with Crippen LogP contribution in [0.1, 0.15) is 30.3 Å². The van der Waals surface area contributed by atoms with E-state index in [1.165, 1.54) is 12.1 Å². The number of benzene rings is 1. The summed E-state index contributed by atoms with van der Waals surface area (Å²) in [5.74, 6) is 0.404. The Morgan fingerprint density at radius 3 is 2.82 bits per heavy atom. The predicted octanol–water partition coefficient (Wildman–Crippen LogP) is 1.53. The Labute approximate surface area is 190 Å². The molecule has 11 nitrogen and oxygen atoms in total. The van der Waals surface area contributed by atoms with Crippen molar-refractivity contribution in [3.8, 4) is 17.2 Å². The Morgan fingerprint density at radius 1 is 1.18 bits per heavy atom. The number of amides is 1. The monoisotopic (exact) mass is 480 g/mol. The Hall–Kier alpha value is -3.25. The van der Waals surface area contributed by atoms with Crippen molar-refractivity contribution in [1.82, 2.24) is 9.62 Å². The number of furan rings is 1. The lowest BCUT2D eigenvalue weighted by Crippen LogP contribution is -2.46. The Morgan fingerprint density at radius 2 is 2.00 bits per heavy atom. The normalized spacial score (nSPS) is 17.7. The smallest absolute Gasteiger partial charge is 0.374 e. The lowest BCUT2D eigenvalue weighted by molar-refractivity contribution is -0.124. The van der Waals surface area contributed by atoms with Crippen LogP contribution >= 0.6 is 0 Å². The van der Waals surface area contributed by atoms with E-state index in [9.17, 15) is 18.0 Å². The number of fused-ring (bicyclic) bond motifs is 1. The molecule has 1 amide bonds. The molecule has 0 spiro atoms. The fraction of sp³-hybridized carbons (Fsp3) is 0.429. The third-order valence-electron chi connectivity index (χ3n) is 5.14. The van der Waals surface area contributed by atoms with Crippen LogP contribution in [0.3, 0.4) is 0 Å². The van der Waals surface area contributed by atoms with Gasteiger partial charge in [-0.1, -0.05) is 0 Å². The third-order valence-corrected chi connectivity index (χ3v) is 6.92. The number of nitrogens with one attached hydrogen (secondary N) is 1. The predicted molar refractivity (Wildman–Crippen MR) is 113 cm³/mol. The molecular formula is C21H24N2O9S. The van der Waals surface area contributed by atoms with E-state index in [-0.39, 0.29) is 38.9 Å². The minimum Gasteiger partial charge on any atom is -0.492 e. The van der Waals surface area contributed by atoms with Gasteiger partial charge < -0.3 is 28.7 Å². The number of esters is 1. The zero-order valence-corrected chi connectivity index (χ0v) is 18.8. The zero-order chi connectivity index (χ0) is 23.4. The largest absolute Gasteiger partial charge is 0.492 e. The SMILES string of the molecule is CCOC(=O)c1ccc(S(=O)(=O)N2CCCC2C(=O)NCCOc2ccc3c(c2)OCO3)o1. The quantitative estimate of drug-likeness (QED) is 0.419. The van der Waals surface area contributed by atoms with Gasteiger partial charge in [-0.25, -0.2) is 13.2 Å². The molecule has 2 aromatic rings. The first kappa shape index (κ1) is 22.9. The van der Waals surface area contributed by atoms with Gasteiger partial charge >= 0.3 is 5.97 Å². The lowest BCUT2D eigenvalue weighted by atomic mass is 10.2. The Balaban J connectivity index is 1.32. The standard InChI is InChI=1S/C21H24N2O9S/c1-2-28-21(25)17-7-8-19(32-17)33(26,27)23-10-3-4-15(23)20(24)22-9-11-29-14-5-6-16-18(12-14)31-13-30-16/h5-8,12,15H,2-4,9-11,13H2,1H3,(H,22,24). The van der Waals surface area contributed by atoms with Crippen LogP contribution in [-0.4, -0.2) is 63.7 Å². The number of rotatable bonds is 9. The summed E-state index contributed by atoms with van der Waals surface area (Å²) in [7, 11) is -4.10. The van der Waals surface area contributed by atoms with E-state index in [0.717, 1.165) is 4.31 Å². The van der Waals surface area contributed by atoms with Gasteiger partial charge in [-0.2, -0.15) is 4.31 Å². The van der Waals surface area contributed by atoms with Crippen molar-refractivity contribution in [2.24, 2.45) is 0 Å². The molecule has 2 aliphatic heterocycles.